The molecule has 3 heterocycles. The van der Waals surface area contributed by atoms with E-state index in [1.807, 2.05) is 19.9 Å². The first-order valence-electron chi connectivity index (χ1n) is 6.27. The summed E-state index contributed by atoms with van der Waals surface area (Å²) in [5.41, 5.74) is 1.04. The summed E-state index contributed by atoms with van der Waals surface area (Å²) in [5, 5.41) is 3.96. The zero-order chi connectivity index (χ0) is 14.1. The average Bonchev–Trinajstić information content (AvgIpc) is 2.91. The molecular weight excluding hydrogens is 258 g/mol. The van der Waals surface area contributed by atoms with Gasteiger partial charge in [0.15, 0.2) is 11.2 Å². The molecule has 3 rings (SSSR count). The predicted molar refractivity (Wildman–Crippen MR) is 71.3 cm³/mol. The predicted octanol–water partition coefficient (Wildman–Crippen LogP) is 1.35. The molecule has 0 spiro atoms. The standard InChI is InChI=1S/C13H13N5O2/c1-8(2)10-5-9(17-20-10)6-18-7-16-12-11(13(18)19)14-3-4-15-12/h3-5,7-8H,6H2,1-2H3. The molecule has 0 saturated heterocycles. The third-order valence-electron chi connectivity index (χ3n) is 2.94. The Morgan fingerprint density at radius 3 is 2.80 bits per heavy atom. The van der Waals surface area contributed by atoms with Crippen molar-refractivity contribution in [2.75, 3.05) is 0 Å². The summed E-state index contributed by atoms with van der Waals surface area (Å²) in [6, 6.07) is 1.85. The molecule has 0 saturated carbocycles. The minimum Gasteiger partial charge on any atom is -0.361 e. The number of hydrogen-bond acceptors (Lipinski definition) is 6. The van der Waals surface area contributed by atoms with Crippen LogP contribution < -0.4 is 5.56 Å². The second-order valence-corrected chi connectivity index (χ2v) is 4.78. The van der Waals surface area contributed by atoms with Gasteiger partial charge in [-0.3, -0.25) is 9.36 Å². The second kappa shape index (κ2) is 4.84. The van der Waals surface area contributed by atoms with Crippen LogP contribution in [0.2, 0.25) is 0 Å². The van der Waals surface area contributed by atoms with Crippen molar-refractivity contribution in [3.63, 3.8) is 0 Å². The van der Waals surface area contributed by atoms with Crippen molar-refractivity contribution in [3.05, 3.63) is 46.6 Å². The monoisotopic (exact) mass is 271 g/mol. The van der Waals surface area contributed by atoms with Gasteiger partial charge >= 0.3 is 0 Å². The molecule has 0 aliphatic rings. The van der Waals surface area contributed by atoms with Crippen LogP contribution in [-0.4, -0.2) is 24.7 Å². The maximum absolute atomic E-state index is 12.2. The SMILES string of the molecule is CC(C)c1cc(Cn2cnc3nccnc3c2=O)no1. The zero-order valence-electron chi connectivity index (χ0n) is 11.1. The van der Waals surface area contributed by atoms with E-state index in [-0.39, 0.29) is 17.0 Å². The van der Waals surface area contributed by atoms with Crippen molar-refractivity contribution in [3.8, 4) is 0 Å². The minimum atomic E-state index is -0.239. The fourth-order valence-electron chi connectivity index (χ4n) is 1.85. The summed E-state index contributed by atoms with van der Waals surface area (Å²) >= 11 is 0. The van der Waals surface area contributed by atoms with Crippen LogP contribution in [0.4, 0.5) is 0 Å². The number of rotatable bonds is 3. The molecule has 0 bridgehead atoms. The van der Waals surface area contributed by atoms with Crippen molar-refractivity contribution in [1.29, 1.82) is 0 Å². The van der Waals surface area contributed by atoms with Crippen LogP contribution in [0.1, 0.15) is 31.2 Å². The molecule has 0 atom stereocenters. The lowest BCUT2D eigenvalue weighted by atomic mass is 10.1. The highest BCUT2D eigenvalue weighted by Crippen LogP contribution is 2.15. The highest BCUT2D eigenvalue weighted by atomic mass is 16.5. The lowest BCUT2D eigenvalue weighted by molar-refractivity contribution is 0.364. The fourth-order valence-corrected chi connectivity index (χ4v) is 1.85. The normalized spacial score (nSPS) is 11.3. The Morgan fingerprint density at radius 2 is 2.05 bits per heavy atom. The quantitative estimate of drug-likeness (QED) is 0.714. The highest BCUT2D eigenvalue weighted by Gasteiger charge is 2.11. The van der Waals surface area contributed by atoms with Gasteiger partial charge in [-0.15, -0.1) is 0 Å². The van der Waals surface area contributed by atoms with Crippen molar-refractivity contribution in [2.45, 2.75) is 26.3 Å². The van der Waals surface area contributed by atoms with Gasteiger partial charge in [0.25, 0.3) is 5.56 Å². The largest absolute Gasteiger partial charge is 0.361 e. The first-order chi connectivity index (χ1) is 9.65. The summed E-state index contributed by atoms with van der Waals surface area (Å²) < 4.78 is 6.66. The Labute approximate surface area is 114 Å². The lowest BCUT2D eigenvalue weighted by Crippen LogP contribution is -2.22. The molecule has 0 unspecified atom stereocenters. The fraction of sp³-hybridized carbons (Fsp3) is 0.308. The van der Waals surface area contributed by atoms with E-state index in [1.54, 1.807) is 0 Å². The summed E-state index contributed by atoms with van der Waals surface area (Å²) in [5.74, 6) is 1.05. The molecule has 0 amide bonds. The molecule has 7 nitrogen and oxygen atoms in total. The molecule has 0 N–H and O–H groups in total. The van der Waals surface area contributed by atoms with Crippen molar-refractivity contribution in [2.24, 2.45) is 0 Å². The second-order valence-electron chi connectivity index (χ2n) is 4.78. The molecule has 3 aromatic rings. The van der Waals surface area contributed by atoms with E-state index < -0.39 is 0 Å². The molecule has 20 heavy (non-hydrogen) atoms. The summed E-state index contributed by atoms with van der Waals surface area (Å²) in [4.78, 5) is 24.4. The van der Waals surface area contributed by atoms with Crippen LogP contribution in [0.15, 0.2) is 34.1 Å². The Hall–Kier alpha value is -2.57. The average molecular weight is 271 g/mol. The van der Waals surface area contributed by atoms with Crippen LogP contribution in [-0.2, 0) is 6.54 Å². The van der Waals surface area contributed by atoms with Gasteiger partial charge in [0.05, 0.1) is 6.54 Å². The van der Waals surface area contributed by atoms with Crippen LogP contribution in [0.3, 0.4) is 0 Å². The maximum atomic E-state index is 12.2. The van der Waals surface area contributed by atoms with Gasteiger partial charge in [-0.05, 0) is 0 Å². The van der Waals surface area contributed by atoms with Crippen LogP contribution >= 0.6 is 0 Å². The van der Waals surface area contributed by atoms with E-state index in [0.29, 0.717) is 17.9 Å². The summed E-state index contributed by atoms with van der Waals surface area (Å²) in [6.07, 6.45) is 4.43. The van der Waals surface area contributed by atoms with E-state index in [0.717, 1.165) is 5.76 Å². The molecule has 0 aliphatic heterocycles. The highest BCUT2D eigenvalue weighted by molar-refractivity contribution is 5.66. The Kier molecular flexibility index (Phi) is 3.02. The Morgan fingerprint density at radius 1 is 1.25 bits per heavy atom. The van der Waals surface area contributed by atoms with E-state index in [2.05, 4.69) is 20.1 Å². The molecular formula is C13H13N5O2. The number of aromatic nitrogens is 5. The van der Waals surface area contributed by atoms with E-state index in [1.165, 1.54) is 23.3 Å². The molecule has 0 aromatic carbocycles. The summed E-state index contributed by atoms with van der Waals surface area (Å²) in [6.45, 7) is 4.34. The van der Waals surface area contributed by atoms with Crippen LogP contribution in [0, 0.1) is 0 Å². The van der Waals surface area contributed by atoms with Gasteiger partial charge in [0.2, 0.25) is 0 Å². The van der Waals surface area contributed by atoms with Gasteiger partial charge in [-0.25, -0.2) is 15.0 Å². The van der Waals surface area contributed by atoms with Crippen molar-refractivity contribution >= 4 is 11.2 Å². The topological polar surface area (TPSA) is 86.7 Å². The first kappa shape index (κ1) is 12.5. The van der Waals surface area contributed by atoms with Gasteiger partial charge in [0.1, 0.15) is 17.8 Å². The molecule has 3 aromatic heterocycles. The molecule has 0 aliphatic carbocycles. The number of fused-ring (bicyclic) bond motifs is 1. The molecule has 0 fully saturated rings. The van der Waals surface area contributed by atoms with Crippen molar-refractivity contribution in [1.82, 2.24) is 24.7 Å². The van der Waals surface area contributed by atoms with Crippen LogP contribution in [0.25, 0.3) is 11.2 Å². The van der Waals surface area contributed by atoms with E-state index >= 15 is 0 Å². The number of hydrogen-bond donors (Lipinski definition) is 0. The smallest absolute Gasteiger partial charge is 0.281 e. The first-order valence-corrected chi connectivity index (χ1v) is 6.27. The van der Waals surface area contributed by atoms with E-state index in [4.69, 9.17) is 4.52 Å². The third kappa shape index (κ3) is 2.18. The van der Waals surface area contributed by atoms with E-state index in [9.17, 15) is 4.79 Å². The minimum absolute atomic E-state index is 0.239. The summed E-state index contributed by atoms with van der Waals surface area (Å²) in [7, 11) is 0. The van der Waals surface area contributed by atoms with Gasteiger partial charge in [-0.1, -0.05) is 19.0 Å². The maximum Gasteiger partial charge on any atom is 0.281 e. The lowest BCUT2D eigenvalue weighted by Gasteiger charge is -2.02. The Bertz CT molecular complexity index is 806. The molecule has 7 heteroatoms. The third-order valence-corrected chi connectivity index (χ3v) is 2.94. The van der Waals surface area contributed by atoms with Gasteiger partial charge < -0.3 is 4.52 Å². The Balaban J connectivity index is 1.98. The molecule has 102 valence electrons. The van der Waals surface area contributed by atoms with Gasteiger partial charge in [-0.2, -0.15) is 0 Å². The molecule has 0 radical (unpaired) electrons. The van der Waals surface area contributed by atoms with Crippen molar-refractivity contribution < 1.29 is 4.52 Å². The zero-order valence-corrected chi connectivity index (χ0v) is 11.1. The number of nitrogens with zero attached hydrogens (tertiary/aromatic N) is 5. The van der Waals surface area contributed by atoms with Crippen LogP contribution in [0.5, 0.6) is 0 Å². The van der Waals surface area contributed by atoms with Gasteiger partial charge in [0, 0.05) is 24.4 Å².